The van der Waals surface area contributed by atoms with Gasteiger partial charge in [0.15, 0.2) is 5.78 Å². The summed E-state index contributed by atoms with van der Waals surface area (Å²) in [6.45, 7) is 0.102. The van der Waals surface area contributed by atoms with Crippen LogP contribution in [0.25, 0.3) is 0 Å². The van der Waals surface area contributed by atoms with E-state index < -0.39 is 17.3 Å². The fourth-order valence-electron chi connectivity index (χ4n) is 3.17. The summed E-state index contributed by atoms with van der Waals surface area (Å²) in [6.07, 6.45) is 2.47. The normalized spacial score (nSPS) is 18.2. The highest BCUT2D eigenvalue weighted by molar-refractivity contribution is 6.00. The molecule has 0 saturated heterocycles. The Bertz CT molecular complexity index is 938. The van der Waals surface area contributed by atoms with Gasteiger partial charge in [0, 0.05) is 31.8 Å². The number of nitrogens with zero attached hydrogens (tertiary/aromatic N) is 1. The highest BCUT2D eigenvalue weighted by Crippen LogP contribution is 2.41. The molecule has 1 amide bonds. The molecule has 0 aliphatic heterocycles. The van der Waals surface area contributed by atoms with Crippen LogP contribution in [0.4, 0.5) is 4.39 Å². The second-order valence-corrected chi connectivity index (χ2v) is 6.85. The smallest absolute Gasteiger partial charge is 0.263 e. The zero-order valence-corrected chi connectivity index (χ0v) is 14.9. The van der Waals surface area contributed by atoms with Gasteiger partial charge in [-0.15, -0.1) is 0 Å². The van der Waals surface area contributed by atoms with Gasteiger partial charge >= 0.3 is 0 Å². The molecule has 1 heterocycles. The van der Waals surface area contributed by atoms with E-state index in [1.165, 1.54) is 42.1 Å². The first kappa shape index (κ1) is 19.0. The minimum Gasteiger partial charge on any atom is -0.396 e. The molecule has 1 aliphatic rings. The van der Waals surface area contributed by atoms with Gasteiger partial charge in [-0.3, -0.25) is 14.4 Å². The predicted octanol–water partition coefficient (Wildman–Crippen LogP) is 1.60. The van der Waals surface area contributed by atoms with Crippen LogP contribution in [0.3, 0.4) is 0 Å². The SMILES string of the molecule is CNC(=O)c1cc(C(=O)C[C@@H]2C[C@H]2CO)cn(Cc2cccc(F)c2)c1=O. The molecular weight excluding hydrogens is 351 g/mol. The number of nitrogens with one attached hydrogen (secondary N) is 1. The van der Waals surface area contributed by atoms with Crippen molar-refractivity contribution in [2.75, 3.05) is 13.7 Å². The van der Waals surface area contributed by atoms with Crippen LogP contribution in [-0.2, 0) is 6.54 Å². The maximum Gasteiger partial charge on any atom is 0.263 e. The molecule has 1 saturated carbocycles. The summed E-state index contributed by atoms with van der Waals surface area (Å²) in [5, 5.41) is 11.5. The fraction of sp³-hybridized carbons (Fsp3) is 0.350. The van der Waals surface area contributed by atoms with Crippen molar-refractivity contribution >= 4 is 11.7 Å². The molecule has 2 N–H and O–H groups in total. The minimum atomic E-state index is -0.581. The van der Waals surface area contributed by atoms with Gasteiger partial charge in [-0.05, 0) is 42.0 Å². The molecule has 1 aromatic carbocycles. The molecule has 2 atom stereocenters. The lowest BCUT2D eigenvalue weighted by Crippen LogP contribution is -2.32. The molecule has 3 rings (SSSR count). The summed E-state index contributed by atoms with van der Waals surface area (Å²) in [6, 6.07) is 7.11. The molecule has 0 bridgehead atoms. The third-order valence-corrected chi connectivity index (χ3v) is 4.87. The molecule has 2 aromatic rings. The number of carbonyl (C=O) groups is 2. The third kappa shape index (κ3) is 4.31. The maximum absolute atomic E-state index is 13.4. The Morgan fingerprint density at radius 2 is 2.07 bits per heavy atom. The number of aromatic nitrogens is 1. The van der Waals surface area contributed by atoms with E-state index in [2.05, 4.69) is 5.32 Å². The van der Waals surface area contributed by atoms with E-state index in [-0.39, 0.29) is 48.3 Å². The summed E-state index contributed by atoms with van der Waals surface area (Å²) in [4.78, 5) is 37.3. The average molecular weight is 372 g/mol. The lowest BCUT2D eigenvalue weighted by atomic mass is 10.0. The number of aliphatic hydroxyl groups is 1. The Hall–Kier alpha value is -2.80. The van der Waals surface area contributed by atoms with Crippen molar-refractivity contribution in [3.63, 3.8) is 0 Å². The summed E-state index contributed by atoms with van der Waals surface area (Å²) in [5.74, 6) is -0.917. The van der Waals surface area contributed by atoms with Crippen molar-refractivity contribution in [2.24, 2.45) is 11.8 Å². The third-order valence-electron chi connectivity index (χ3n) is 4.87. The summed E-state index contributed by atoms with van der Waals surface area (Å²) >= 11 is 0. The number of aliphatic hydroxyl groups excluding tert-OH is 1. The number of Topliss-reactive ketones (excluding diaryl/α,β-unsaturated/α-hetero) is 1. The van der Waals surface area contributed by atoms with Gasteiger partial charge in [0.1, 0.15) is 11.4 Å². The number of carbonyl (C=O) groups excluding carboxylic acids is 2. The van der Waals surface area contributed by atoms with Crippen molar-refractivity contribution in [3.8, 4) is 0 Å². The van der Waals surface area contributed by atoms with Crippen LogP contribution in [0.15, 0.2) is 41.3 Å². The number of hydrogen-bond acceptors (Lipinski definition) is 4. The van der Waals surface area contributed by atoms with Crippen LogP contribution in [0.1, 0.15) is 39.1 Å². The van der Waals surface area contributed by atoms with E-state index in [9.17, 15) is 18.8 Å². The molecule has 0 radical (unpaired) electrons. The standard InChI is InChI=1S/C20H21FN2O4/c1-22-19(26)17-7-14(18(25)8-13-6-15(13)11-24)10-23(20(17)27)9-12-3-2-4-16(21)5-12/h2-5,7,10,13,15,24H,6,8-9,11H2,1H3,(H,22,26)/t13-,15-/m0/s1. The van der Waals surface area contributed by atoms with Crippen LogP contribution in [0.5, 0.6) is 0 Å². The number of rotatable bonds is 7. The quantitative estimate of drug-likeness (QED) is 0.723. The Balaban J connectivity index is 1.95. The van der Waals surface area contributed by atoms with Gasteiger partial charge in [0.25, 0.3) is 11.5 Å². The highest BCUT2D eigenvalue weighted by atomic mass is 19.1. The summed E-state index contributed by atoms with van der Waals surface area (Å²) in [5.41, 5.74) is 0.129. The minimum absolute atomic E-state index is 0.0460. The van der Waals surface area contributed by atoms with Crippen LogP contribution < -0.4 is 10.9 Å². The van der Waals surface area contributed by atoms with Crippen molar-refractivity contribution < 1.29 is 19.1 Å². The van der Waals surface area contributed by atoms with Gasteiger partial charge in [-0.25, -0.2) is 4.39 Å². The summed E-state index contributed by atoms with van der Waals surface area (Å²) in [7, 11) is 1.41. The molecule has 0 unspecified atom stereocenters. The van der Waals surface area contributed by atoms with E-state index in [1.807, 2.05) is 0 Å². The number of pyridine rings is 1. The second kappa shape index (κ2) is 7.84. The van der Waals surface area contributed by atoms with Gasteiger partial charge in [0.05, 0.1) is 6.54 Å². The monoisotopic (exact) mass is 372 g/mol. The molecule has 142 valence electrons. The lowest BCUT2D eigenvalue weighted by Gasteiger charge is -2.11. The Morgan fingerprint density at radius 3 is 2.70 bits per heavy atom. The molecular formula is C20H21FN2O4. The Morgan fingerprint density at radius 1 is 1.30 bits per heavy atom. The van der Waals surface area contributed by atoms with Crippen LogP contribution in [0.2, 0.25) is 0 Å². The molecule has 7 heteroatoms. The molecule has 6 nitrogen and oxygen atoms in total. The highest BCUT2D eigenvalue weighted by Gasteiger charge is 2.38. The Labute approximate surface area is 155 Å². The van der Waals surface area contributed by atoms with Gasteiger partial charge in [-0.1, -0.05) is 12.1 Å². The molecule has 27 heavy (non-hydrogen) atoms. The van der Waals surface area contributed by atoms with Crippen LogP contribution in [0, 0.1) is 17.7 Å². The van der Waals surface area contributed by atoms with Gasteiger partial charge < -0.3 is 15.0 Å². The van der Waals surface area contributed by atoms with Crippen molar-refractivity contribution in [2.45, 2.75) is 19.4 Å². The number of hydrogen-bond donors (Lipinski definition) is 2. The zero-order valence-electron chi connectivity index (χ0n) is 14.9. The maximum atomic E-state index is 13.4. The molecule has 1 aromatic heterocycles. The fourth-order valence-corrected chi connectivity index (χ4v) is 3.17. The van der Waals surface area contributed by atoms with Crippen molar-refractivity contribution in [1.82, 2.24) is 9.88 Å². The Kier molecular flexibility index (Phi) is 5.51. The number of amides is 1. The van der Waals surface area contributed by atoms with Gasteiger partial charge in [-0.2, -0.15) is 0 Å². The predicted molar refractivity (Wildman–Crippen MR) is 97.2 cm³/mol. The first-order chi connectivity index (χ1) is 12.9. The first-order valence-corrected chi connectivity index (χ1v) is 8.78. The average Bonchev–Trinajstić information content (AvgIpc) is 3.40. The van der Waals surface area contributed by atoms with E-state index in [4.69, 9.17) is 5.11 Å². The van der Waals surface area contributed by atoms with E-state index >= 15 is 0 Å². The number of halogens is 1. The lowest BCUT2D eigenvalue weighted by molar-refractivity contribution is 0.0961. The van der Waals surface area contributed by atoms with E-state index in [0.717, 1.165) is 6.42 Å². The second-order valence-electron chi connectivity index (χ2n) is 6.85. The van der Waals surface area contributed by atoms with Gasteiger partial charge in [0.2, 0.25) is 0 Å². The largest absolute Gasteiger partial charge is 0.396 e. The van der Waals surface area contributed by atoms with E-state index in [1.54, 1.807) is 6.07 Å². The van der Waals surface area contributed by atoms with Crippen LogP contribution >= 0.6 is 0 Å². The van der Waals surface area contributed by atoms with Crippen molar-refractivity contribution in [3.05, 3.63) is 69.4 Å². The zero-order chi connectivity index (χ0) is 19.6. The number of benzene rings is 1. The van der Waals surface area contributed by atoms with Crippen molar-refractivity contribution in [1.29, 1.82) is 0 Å². The summed E-state index contributed by atoms with van der Waals surface area (Å²) < 4.78 is 14.7. The van der Waals surface area contributed by atoms with E-state index in [0.29, 0.717) is 5.56 Å². The molecule has 1 fully saturated rings. The molecule has 1 aliphatic carbocycles. The topological polar surface area (TPSA) is 88.4 Å². The first-order valence-electron chi connectivity index (χ1n) is 8.78. The number of ketones is 1. The van der Waals surface area contributed by atoms with Crippen LogP contribution in [-0.4, -0.2) is 35.0 Å². The molecule has 0 spiro atoms.